The summed E-state index contributed by atoms with van der Waals surface area (Å²) in [6.07, 6.45) is 5.92. The zero-order valence-corrected chi connectivity index (χ0v) is 23.0. The molecule has 0 bridgehead atoms. The SMILES string of the molecule is Cc1cc(N(C(N)=O)C2CCCC2)ccc1/C=C/S(=O)(=O)N1CCC2(CC1)N=C(c1cccc(OF)c1)NC2=O. The monoisotopic (exact) mass is 569 g/mol. The van der Waals surface area contributed by atoms with Gasteiger partial charge < -0.3 is 11.1 Å². The number of sulfonamides is 1. The zero-order valence-electron chi connectivity index (χ0n) is 22.2. The van der Waals surface area contributed by atoms with Crippen LogP contribution in [0.2, 0.25) is 0 Å². The number of carbonyl (C=O) groups is 2. The van der Waals surface area contributed by atoms with Crippen molar-refractivity contribution >= 4 is 39.6 Å². The van der Waals surface area contributed by atoms with Crippen molar-refractivity contribution in [3.8, 4) is 5.75 Å². The Hall–Kier alpha value is -3.77. The van der Waals surface area contributed by atoms with E-state index in [9.17, 15) is 22.5 Å². The number of amides is 3. The minimum absolute atomic E-state index is 0.00742. The topological polar surface area (TPSA) is 134 Å². The number of nitrogens with two attached hydrogens (primary N) is 1. The van der Waals surface area contributed by atoms with E-state index in [4.69, 9.17) is 5.73 Å². The van der Waals surface area contributed by atoms with Gasteiger partial charge in [0.2, 0.25) is 10.0 Å². The molecule has 5 rings (SSSR count). The van der Waals surface area contributed by atoms with Crippen molar-refractivity contribution < 1.29 is 27.5 Å². The standard InChI is InChI=1S/C28H32FN5O5S/c1-19-17-23(34(27(30)36)22-6-2-3-7-22)10-9-20(19)11-16-40(37,38)33-14-12-28(13-15-33)26(35)31-25(32-28)21-5-4-8-24(18-21)39-29/h4-5,8-11,16-18,22H,2-3,6-7,12-15H2,1H3,(H2,30,36)(H,31,32,35)/b16-11+. The summed E-state index contributed by atoms with van der Waals surface area (Å²) in [4.78, 5) is 35.0. The number of halogens is 1. The van der Waals surface area contributed by atoms with Gasteiger partial charge in [0.1, 0.15) is 11.4 Å². The summed E-state index contributed by atoms with van der Waals surface area (Å²) in [5.41, 5.74) is 7.33. The Morgan fingerprint density at radius 3 is 2.58 bits per heavy atom. The molecule has 1 saturated heterocycles. The van der Waals surface area contributed by atoms with Gasteiger partial charge in [0.15, 0.2) is 5.75 Å². The Kier molecular flexibility index (Phi) is 7.65. The molecule has 1 spiro atoms. The zero-order chi connectivity index (χ0) is 28.5. The van der Waals surface area contributed by atoms with Gasteiger partial charge in [-0.1, -0.05) is 31.0 Å². The van der Waals surface area contributed by atoms with Crippen LogP contribution in [0.25, 0.3) is 6.08 Å². The highest BCUT2D eigenvalue weighted by molar-refractivity contribution is 7.92. The van der Waals surface area contributed by atoms with E-state index in [1.165, 1.54) is 21.8 Å². The van der Waals surface area contributed by atoms with E-state index in [1.54, 1.807) is 35.2 Å². The molecule has 1 aliphatic carbocycles. The second-order valence-electron chi connectivity index (χ2n) is 10.5. The molecular formula is C28H32FN5O5S. The van der Waals surface area contributed by atoms with Crippen LogP contribution in [-0.4, -0.2) is 55.2 Å². The Bertz CT molecular complexity index is 1480. The number of benzene rings is 2. The molecule has 3 N–H and O–H groups in total. The number of anilines is 1. The molecule has 3 aliphatic rings. The first-order valence-electron chi connectivity index (χ1n) is 13.3. The van der Waals surface area contributed by atoms with Crippen LogP contribution >= 0.6 is 0 Å². The van der Waals surface area contributed by atoms with Gasteiger partial charge in [0, 0.05) is 40.3 Å². The average Bonchev–Trinajstić information content (AvgIpc) is 3.57. The van der Waals surface area contributed by atoms with E-state index in [2.05, 4.69) is 15.3 Å². The lowest BCUT2D eigenvalue weighted by Gasteiger charge is -2.34. The number of nitrogens with zero attached hydrogens (tertiary/aromatic N) is 3. The van der Waals surface area contributed by atoms with Crippen molar-refractivity contribution in [1.29, 1.82) is 0 Å². The Labute approximate surface area is 232 Å². The van der Waals surface area contributed by atoms with Gasteiger partial charge in [-0.2, -0.15) is 4.31 Å². The maximum absolute atomic E-state index is 13.1. The fraction of sp³-hybridized carbons (Fsp3) is 0.393. The molecule has 0 radical (unpaired) electrons. The van der Waals surface area contributed by atoms with Gasteiger partial charge in [0.25, 0.3) is 5.91 Å². The lowest BCUT2D eigenvalue weighted by Crippen LogP contribution is -2.50. The van der Waals surface area contributed by atoms with E-state index in [-0.39, 0.29) is 43.6 Å². The molecule has 2 aromatic rings. The smallest absolute Gasteiger partial charge is 0.319 e. The van der Waals surface area contributed by atoms with Gasteiger partial charge in [-0.25, -0.2) is 13.2 Å². The third-order valence-corrected chi connectivity index (χ3v) is 9.53. The minimum Gasteiger partial charge on any atom is -0.351 e. The van der Waals surface area contributed by atoms with Crippen LogP contribution in [0.4, 0.5) is 15.0 Å². The summed E-state index contributed by atoms with van der Waals surface area (Å²) in [7, 11) is -3.76. The molecule has 2 aromatic carbocycles. The lowest BCUT2D eigenvalue weighted by molar-refractivity contribution is -0.124. The number of aliphatic imine (C=N–C) groups is 1. The molecule has 40 heavy (non-hydrogen) atoms. The largest absolute Gasteiger partial charge is 0.351 e. The second kappa shape index (κ2) is 11.0. The number of nitrogens with one attached hydrogen (secondary N) is 1. The number of amidine groups is 1. The second-order valence-corrected chi connectivity index (χ2v) is 12.3. The summed E-state index contributed by atoms with van der Waals surface area (Å²) in [6.45, 7) is 2.10. The molecule has 3 amide bonds. The highest BCUT2D eigenvalue weighted by Crippen LogP contribution is 2.33. The van der Waals surface area contributed by atoms with Crippen molar-refractivity contribution in [2.75, 3.05) is 18.0 Å². The van der Waals surface area contributed by atoms with Crippen LogP contribution in [0.5, 0.6) is 5.75 Å². The third kappa shape index (κ3) is 5.46. The molecule has 0 atom stereocenters. The molecule has 0 aromatic heterocycles. The molecule has 0 unspecified atom stereocenters. The van der Waals surface area contributed by atoms with Crippen LogP contribution in [0, 0.1) is 6.92 Å². The van der Waals surface area contributed by atoms with Crippen molar-refractivity contribution in [1.82, 2.24) is 9.62 Å². The number of primary amides is 1. The highest BCUT2D eigenvalue weighted by Gasteiger charge is 2.47. The molecule has 212 valence electrons. The number of hydrogen-bond acceptors (Lipinski definition) is 6. The Morgan fingerprint density at radius 1 is 1.20 bits per heavy atom. The van der Waals surface area contributed by atoms with E-state index >= 15 is 0 Å². The van der Waals surface area contributed by atoms with Gasteiger partial charge >= 0.3 is 6.03 Å². The molecular weight excluding hydrogens is 537 g/mol. The number of hydrogen-bond donors (Lipinski definition) is 2. The van der Waals surface area contributed by atoms with Crippen molar-refractivity contribution in [3.63, 3.8) is 0 Å². The summed E-state index contributed by atoms with van der Waals surface area (Å²) < 4.78 is 40.2. The summed E-state index contributed by atoms with van der Waals surface area (Å²) in [5.74, 6) is -0.00572. The summed E-state index contributed by atoms with van der Waals surface area (Å²) >= 11 is 0. The lowest BCUT2D eigenvalue weighted by atomic mass is 9.89. The number of carbonyl (C=O) groups excluding carboxylic acids is 2. The van der Waals surface area contributed by atoms with Gasteiger partial charge in [-0.15, -0.1) is 0 Å². The summed E-state index contributed by atoms with van der Waals surface area (Å²) in [5, 5.41) is 3.91. The van der Waals surface area contributed by atoms with E-state index in [0.29, 0.717) is 22.6 Å². The van der Waals surface area contributed by atoms with Gasteiger partial charge in [-0.3, -0.25) is 19.6 Å². The molecule has 2 fully saturated rings. The first-order chi connectivity index (χ1) is 19.1. The van der Waals surface area contributed by atoms with Crippen LogP contribution in [0.3, 0.4) is 0 Å². The maximum Gasteiger partial charge on any atom is 0.319 e. The highest BCUT2D eigenvalue weighted by atomic mass is 32.2. The quantitative estimate of drug-likeness (QED) is 0.523. The van der Waals surface area contributed by atoms with Crippen molar-refractivity contribution in [2.45, 2.75) is 57.0 Å². The van der Waals surface area contributed by atoms with Crippen LogP contribution in [0.1, 0.15) is 55.2 Å². The van der Waals surface area contributed by atoms with Crippen LogP contribution in [-0.2, 0) is 14.8 Å². The fourth-order valence-electron chi connectivity index (χ4n) is 5.72. The summed E-state index contributed by atoms with van der Waals surface area (Å²) in [6, 6.07) is 11.2. The Balaban J connectivity index is 1.27. The minimum atomic E-state index is -3.76. The molecule has 2 aliphatic heterocycles. The average molecular weight is 570 g/mol. The maximum atomic E-state index is 13.1. The predicted octanol–water partition coefficient (Wildman–Crippen LogP) is 3.80. The number of rotatable bonds is 7. The third-order valence-electron chi connectivity index (χ3n) is 7.96. The first kappa shape index (κ1) is 27.8. The van der Waals surface area contributed by atoms with E-state index in [0.717, 1.165) is 31.2 Å². The van der Waals surface area contributed by atoms with Crippen molar-refractivity contribution in [3.05, 3.63) is 64.6 Å². The number of urea groups is 1. The van der Waals surface area contributed by atoms with Gasteiger partial charge in [0.05, 0.1) is 0 Å². The molecule has 10 nitrogen and oxygen atoms in total. The van der Waals surface area contributed by atoms with Crippen LogP contribution < -0.4 is 20.9 Å². The Morgan fingerprint density at radius 2 is 1.93 bits per heavy atom. The van der Waals surface area contributed by atoms with E-state index < -0.39 is 21.6 Å². The normalized spacial score (nSPS) is 19.6. The fourth-order valence-corrected chi connectivity index (χ4v) is 6.90. The van der Waals surface area contributed by atoms with Crippen LogP contribution in [0.15, 0.2) is 52.9 Å². The van der Waals surface area contributed by atoms with Gasteiger partial charge in [-0.05, 0) is 74.1 Å². The molecule has 12 heteroatoms. The van der Waals surface area contributed by atoms with Crippen molar-refractivity contribution in [2.24, 2.45) is 10.7 Å². The molecule has 2 heterocycles. The van der Waals surface area contributed by atoms with E-state index in [1.807, 2.05) is 13.0 Å². The first-order valence-corrected chi connectivity index (χ1v) is 14.8. The predicted molar refractivity (Wildman–Crippen MR) is 150 cm³/mol. The number of aryl methyl sites for hydroxylation is 1. The molecule has 1 saturated carbocycles. The number of piperidine rings is 1.